The fraction of sp³-hybridized carbons (Fsp3) is 0.333. The van der Waals surface area contributed by atoms with Gasteiger partial charge in [0.25, 0.3) is 10.0 Å². The second kappa shape index (κ2) is 13.8. The zero-order valence-electron chi connectivity index (χ0n) is 24.0. The molecule has 0 aliphatic carbocycles. The Morgan fingerprint density at radius 1 is 0.976 bits per heavy atom. The summed E-state index contributed by atoms with van der Waals surface area (Å²) in [6.07, 6.45) is 0.247. The minimum atomic E-state index is -4.32. The van der Waals surface area contributed by atoms with Crippen molar-refractivity contribution in [1.82, 2.24) is 10.2 Å². The second-order valence-corrected chi connectivity index (χ2v) is 13.3. The fourth-order valence-electron chi connectivity index (χ4n) is 4.22. The number of rotatable bonds is 11. The third-order valence-electron chi connectivity index (χ3n) is 6.26. The molecule has 0 spiro atoms. The van der Waals surface area contributed by atoms with Gasteiger partial charge in [-0.05, 0) is 93.4 Å². The zero-order valence-corrected chi connectivity index (χ0v) is 26.4. The SMILES string of the molecule is CC[C@@H](C(=O)NC(C)(C)C)N(Cc1ccc(Cl)c(Cl)c1)C(=O)CN(c1ccc(F)cc1)S(=O)(=O)c1ccc(OC)cc1. The summed E-state index contributed by atoms with van der Waals surface area (Å²) in [5.74, 6) is -1.18. The Morgan fingerprint density at radius 2 is 1.60 bits per heavy atom. The summed E-state index contributed by atoms with van der Waals surface area (Å²) in [5, 5.41) is 3.49. The zero-order chi connectivity index (χ0) is 31.2. The van der Waals surface area contributed by atoms with Crippen LogP contribution in [-0.4, -0.2) is 50.4 Å². The molecule has 3 aromatic carbocycles. The van der Waals surface area contributed by atoms with Crippen molar-refractivity contribution in [3.05, 3.63) is 88.2 Å². The van der Waals surface area contributed by atoms with Crippen LogP contribution in [0.1, 0.15) is 39.7 Å². The van der Waals surface area contributed by atoms with Crippen molar-refractivity contribution in [2.75, 3.05) is 18.0 Å². The summed E-state index contributed by atoms with van der Waals surface area (Å²) in [6, 6.07) is 14.3. The Bertz CT molecular complexity index is 1510. The molecular weight excluding hydrogens is 604 g/mol. The van der Waals surface area contributed by atoms with E-state index in [9.17, 15) is 22.4 Å². The molecule has 3 rings (SSSR count). The molecule has 1 atom stereocenters. The number of methoxy groups -OCH3 is 1. The highest BCUT2D eigenvalue weighted by molar-refractivity contribution is 7.92. The van der Waals surface area contributed by atoms with E-state index in [0.717, 1.165) is 16.4 Å². The topological polar surface area (TPSA) is 96.0 Å². The summed E-state index contributed by atoms with van der Waals surface area (Å²) >= 11 is 12.3. The van der Waals surface area contributed by atoms with Gasteiger partial charge in [-0.15, -0.1) is 0 Å². The summed E-state index contributed by atoms with van der Waals surface area (Å²) in [5.41, 5.74) is 0.0778. The highest BCUT2D eigenvalue weighted by Gasteiger charge is 2.34. The lowest BCUT2D eigenvalue weighted by atomic mass is 10.1. The number of carbonyl (C=O) groups excluding carboxylic acids is 2. The van der Waals surface area contributed by atoms with Crippen LogP contribution < -0.4 is 14.4 Å². The molecule has 42 heavy (non-hydrogen) atoms. The number of amides is 2. The predicted octanol–water partition coefficient (Wildman–Crippen LogP) is 6.06. The van der Waals surface area contributed by atoms with Crippen molar-refractivity contribution >= 4 is 50.7 Å². The Labute approximate surface area is 256 Å². The summed E-state index contributed by atoms with van der Waals surface area (Å²) in [6.45, 7) is 6.50. The van der Waals surface area contributed by atoms with E-state index in [4.69, 9.17) is 27.9 Å². The van der Waals surface area contributed by atoms with Crippen LogP contribution in [0, 0.1) is 5.82 Å². The smallest absolute Gasteiger partial charge is 0.264 e. The molecule has 0 saturated carbocycles. The monoisotopic (exact) mass is 637 g/mol. The van der Waals surface area contributed by atoms with E-state index in [1.807, 2.05) is 20.8 Å². The van der Waals surface area contributed by atoms with E-state index in [0.29, 0.717) is 16.3 Å². The van der Waals surface area contributed by atoms with Crippen LogP contribution in [0.25, 0.3) is 0 Å². The minimum absolute atomic E-state index is 0.0500. The maximum absolute atomic E-state index is 14.1. The number of ether oxygens (including phenoxy) is 1. The number of benzene rings is 3. The van der Waals surface area contributed by atoms with Crippen molar-refractivity contribution in [3.8, 4) is 5.75 Å². The lowest BCUT2D eigenvalue weighted by Gasteiger charge is -2.34. The van der Waals surface area contributed by atoms with E-state index in [1.165, 1.54) is 48.4 Å². The van der Waals surface area contributed by atoms with E-state index < -0.39 is 45.8 Å². The molecule has 0 radical (unpaired) electrons. The number of halogens is 3. The van der Waals surface area contributed by atoms with Gasteiger partial charge in [-0.25, -0.2) is 12.8 Å². The van der Waals surface area contributed by atoms with Crippen molar-refractivity contribution < 1.29 is 27.1 Å². The first-order valence-corrected chi connectivity index (χ1v) is 15.3. The van der Waals surface area contributed by atoms with Gasteiger partial charge >= 0.3 is 0 Å². The average Bonchev–Trinajstić information content (AvgIpc) is 2.93. The molecular formula is C30H34Cl2FN3O5S. The fourth-order valence-corrected chi connectivity index (χ4v) is 5.95. The lowest BCUT2D eigenvalue weighted by Crippen LogP contribution is -2.55. The van der Waals surface area contributed by atoms with Gasteiger partial charge in [-0.2, -0.15) is 0 Å². The van der Waals surface area contributed by atoms with Crippen molar-refractivity contribution in [2.45, 2.75) is 57.1 Å². The van der Waals surface area contributed by atoms with Crippen LogP contribution in [0.3, 0.4) is 0 Å². The maximum atomic E-state index is 14.1. The number of carbonyl (C=O) groups is 2. The van der Waals surface area contributed by atoms with Gasteiger partial charge in [0.2, 0.25) is 11.8 Å². The lowest BCUT2D eigenvalue weighted by molar-refractivity contribution is -0.141. The van der Waals surface area contributed by atoms with Crippen LogP contribution in [0.15, 0.2) is 71.6 Å². The minimum Gasteiger partial charge on any atom is -0.497 e. The number of nitrogens with one attached hydrogen (secondary N) is 1. The van der Waals surface area contributed by atoms with Crippen LogP contribution in [0.5, 0.6) is 5.75 Å². The first-order chi connectivity index (χ1) is 19.7. The van der Waals surface area contributed by atoms with Gasteiger partial charge in [0, 0.05) is 12.1 Å². The van der Waals surface area contributed by atoms with E-state index in [1.54, 1.807) is 25.1 Å². The molecule has 0 aromatic heterocycles. The van der Waals surface area contributed by atoms with Gasteiger partial charge in [0.15, 0.2) is 0 Å². The van der Waals surface area contributed by atoms with Crippen LogP contribution in [0.2, 0.25) is 10.0 Å². The predicted molar refractivity (Wildman–Crippen MR) is 163 cm³/mol. The van der Waals surface area contributed by atoms with Gasteiger partial charge in [0.1, 0.15) is 24.2 Å². The normalized spacial score (nSPS) is 12.4. The number of nitrogens with zero attached hydrogens (tertiary/aromatic N) is 2. The summed E-state index contributed by atoms with van der Waals surface area (Å²) in [4.78, 5) is 28.7. The molecule has 0 bridgehead atoms. The molecule has 8 nitrogen and oxygen atoms in total. The van der Waals surface area contributed by atoms with Crippen molar-refractivity contribution in [3.63, 3.8) is 0 Å². The maximum Gasteiger partial charge on any atom is 0.264 e. The number of hydrogen-bond acceptors (Lipinski definition) is 5. The molecule has 3 aromatic rings. The number of sulfonamides is 1. The second-order valence-electron chi connectivity index (χ2n) is 10.6. The standard InChI is InChI=1S/C30H34Cl2FN3O5S/c1-6-27(29(38)34-30(2,3)4)35(18-20-7-16-25(31)26(32)17-20)28(37)19-36(22-10-8-21(33)9-11-22)42(39,40)24-14-12-23(41-5)13-15-24/h7-17,27H,6,18-19H2,1-5H3,(H,34,38)/t27-/m0/s1. The average molecular weight is 639 g/mol. The van der Waals surface area contributed by atoms with Crippen molar-refractivity contribution in [2.24, 2.45) is 0 Å². The van der Waals surface area contributed by atoms with E-state index in [-0.39, 0.29) is 28.6 Å². The highest BCUT2D eigenvalue weighted by Crippen LogP contribution is 2.28. The number of anilines is 1. The Balaban J connectivity index is 2.08. The molecule has 0 heterocycles. The van der Waals surface area contributed by atoms with E-state index in [2.05, 4.69) is 5.32 Å². The Kier molecular flexibility index (Phi) is 10.9. The van der Waals surface area contributed by atoms with E-state index >= 15 is 0 Å². The molecule has 2 amide bonds. The molecule has 12 heteroatoms. The largest absolute Gasteiger partial charge is 0.497 e. The summed E-state index contributed by atoms with van der Waals surface area (Å²) < 4.78 is 47.6. The van der Waals surface area contributed by atoms with Gasteiger partial charge in [-0.1, -0.05) is 36.2 Å². The highest BCUT2D eigenvalue weighted by atomic mass is 35.5. The Hall–Kier alpha value is -3.34. The molecule has 226 valence electrons. The third kappa shape index (κ3) is 8.36. The molecule has 0 unspecified atom stereocenters. The van der Waals surface area contributed by atoms with Gasteiger partial charge in [-0.3, -0.25) is 13.9 Å². The molecule has 1 N–H and O–H groups in total. The van der Waals surface area contributed by atoms with Gasteiger partial charge in [0.05, 0.1) is 27.7 Å². The molecule has 0 saturated heterocycles. The Morgan fingerprint density at radius 3 is 2.12 bits per heavy atom. The van der Waals surface area contributed by atoms with Crippen molar-refractivity contribution in [1.29, 1.82) is 0 Å². The van der Waals surface area contributed by atoms with Crippen LogP contribution in [-0.2, 0) is 26.2 Å². The van der Waals surface area contributed by atoms with Crippen LogP contribution >= 0.6 is 23.2 Å². The number of hydrogen-bond donors (Lipinski definition) is 1. The quantitative estimate of drug-likeness (QED) is 0.276. The first-order valence-electron chi connectivity index (χ1n) is 13.1. The molecule has 0 aliphatic heterocycles. The summed E-state index contributed by atoms with van der Waals surface area (Å²) in [7, 11) is -2.86. The first kappa shape index (κ1) is 33.2. The third-order valence-corrected chi connectivity index (χ3v) is 8.79. The van der Waals surface area contributed by atoms with Crippen LogP contribution in [0.4, 0.5) is 10.1 Å². The molecule has 0 fully saturated rings. The van der Waals surface area contributed by atoms with Gasteiger partial charge < -0.3 is 15.0 Å². The molecule has 0 aliphatic rings.